The van der Waals surface area contributed by atoms with Crippen molar-refractivity contribution in [2.24, 2.45) is 28.6 Å². The minimum Gasteiger partial charge on any atom is -0.392 e. The lowest BCUT2D eigenvalue weighted by Gasteiger charge is -2.64. The summed E-state index contributed by atoms with van der Waals surface area (Å²) in [4.78, 5) is 24.6. The van der Waals surface area contributed by atoms with E-state index in [1.165, 1.54) is 0 Å². The average molecular weight is 453 g/mol. The van der Waals surface area contributed by atoms with Crippen molar-refractivity contribution in [1.29, 1.82) is 0 Å². The summed E-state index contributed by atoms with van der Waals surface area (Å²) in [5.74, 6) is -0.809. The zero-order valence-corrected chi connectivity index (χ0v) is 18.2. The Balaban J connectivity index is 1.84. The Morgan fingerprint density at radius 3 is 2.64 bits per heavy atom. The van der Waals surface area contributed by atoms with Gasteiger partial charge in [-0.2, -0.15) is 0 Å². The van der Waals surface area contributed by atoms with Crippen molar-refractivity contribution in [2.75, 3.05) is 6.61 Å². The predicted octanol–water partition coefficient (Wildman–Crippen LogP) is 2.32. The summed E-state index contributed by atoms with van der Waals surface area (Å²) in [6.45, 7) is 5.14. The molecule has 0 bridgehead atoms. The number of hydrogen-bond acceptors (Lipinski definition) is 5. The fourth-order valence-electron chi connectivity index (χ4n) is 7.26. The number of allylic oxidation sites excluding steroid dienone is 4. The molecule has 4 aliphatic carbocycles. The number of aliphatic hydroxyl groups excluding tert-OH is 2. The van der Waals surface area contributed by atoms with Gasteiger partial charge in [0.2, 0.25) is 0 Å². The van der Waals surface area contributed by atoms with Gasteiger partial charge < -0.3 is 15.3 Å². The maximum absolute atomic E-state index is 12.6. The molecule has 4 aliphatic rings. The van der Waals surface area contributed by atoms with Crippen molar-refractivity contribution in [2.45, 2.75) is 62.5 Å². The number of alkyl halides is 1. The van der Waals surface area contributed by atoms with Gasteiger partial charge in [-0.1, -0.05) is 48.4 Å². The normalized spacial score (nSPS) is 52.5. The Kier molecular flexibility index (Phi) is 4.45. The van der Waals surface area contributed by atoms with Crippen LogP contribution >= 0.6 is 15.9 Å². The van der Waals surface area contributed by atoms with E-state index in [1.807, 2.05) is 19.9 Å². The minimum atomic E-state index is -1.64. The van der Waals surface area contributed by atoms with Crippen molar-refractivity contribution >= 4 is 27.5 Å². The lowest BCUT2D eigenvalue weighted by Crippen LogP contribution is -2.68. The van der Waals surface area contributed by atoms with Crippen LogP contribution in [0.2, 0.25) is 0 Å². The third-order valence-corrected chi connectivity index (χ3v) is 10.7. The first-order valence-electron chi connectivity index (χ1n) is 10.1. The standard InChI is InChI=1S/C22H29BrO5/c1-12-8-16-15-5-4-13-9-14(25)6-7-19(13,2)21(15,23)17(26)10-20(16,3)22(12,28)18(27)11-24/h6-7,9,12,15-17,24,26,28H,4-5,8,10-11H2,1-3H3/t12-,15-,16-,17-,19-,20-,21-,22-/m0/s1. The second-order valence-corrected chi connectivity index (χ2v) is 11.1. The quantitative estimate of drug-likeness (QED) is 0.558. The summed E-state index contributed by atoms with van der Waals surface area (Å²) < 4.78 is -0.668. The summed E-state index contributed by atoms with van der Waals surface area (Å²) in [6.07, 6.45) is 6.85. The number of hydrogen-bond donors (Lipinski definition) is 3. The number of ketones is 2. The smallest absolute Gasteiger partial charge is 0.190 e. The Labute approximate surface area is 174 Å². The number of carbonyl (C=O) groups excluding carboxylic acids is 2. The molecule has 154 valence electrons. The zero-order valence-electron chi connectivity index (χ0n) is 16.6. The third-order valence-electron chi connectivity index (χ3n) is 8.79. The molecule has 0 aliphatic heterocycles. The van der Waals surface area contributed by atoms with Crippen LogP contribution in [0.3, 0.4) is 0 Å². The SMILES string of the molecule is C[C@H]1C[C@H]2[C@@H]3CCC4=CC(=O)C=C[C@]4(C)[C@@]3(Br)[C@@H](O)C[C@]2(C)[C@@]1(O)C(=O)CO. The van der Waals surface area contributed by atoms with E-state index in [4.69, 9.17) is 0 Å². The predicted molar refractivity (Wildman–Crippen MR) is 108 cm³/mol. The van der Waals surface area contributed by atoms with Crippen LogP contribution in [0.4, 0.5) is 0 Å². The van der Waals surface area contributed by atoms with Gasteiger partial charge in [0, 0.05) is 10.8 Å². The molecule has 0 unspecified atom stereocenters. The highest BCUT2D eigenvalue weighted by molar-refractivity contribution is 9.10. The van der Waals surface area contributed by atoms with Crippen LogP contribution in [-0.4, -0.2) is 49.5 Å². The molecule has 0 aromatic rings. The lowest BCUT2D eigenvalue weighted by molar-refractivity contribution is -0.178. The molecule has 28 heavy (non-hydrogen) atoms. The Morgan fingerprint density at radius 2 is 2.00 bits per heavy atom. The fraction of sp³-hybridized carbons (Fsp3) is 0.727. The van der Waals surface area contributed by atoms with E-state index in [9.17, 15) is 24.9 Å². The number of halogens is 1. The van der Waals surface area contributed by atoms with Crippen LogP contribution < -0.4 is 0 Å². The molecular formula is C22H29BrO5. The van der Waals surface area contributed by atoms with E-state index in [0.717, 1.165) is 18.4 Å². The van der Waals surface area contributed by atoms with Gasteiger partial charge in [0.05, 0.1) is 10.4 Å². The van der Waals surface area contributed by atoms with Crippen LogP contribution in [0.5, 0.6) is 0 Å². The van der Waals surface area contributed by atoms with E-state index in [2.05, 4.69) is 22.9 Å². The molecule has 0 spiro atoms. The molecule has 0 aromatic carbocycles. The average Bonchev–Trinajstić information content (AvgIpc) is 2.84. The summed E-state index contributed by atoms with van der Waals surface area (Å²) in [7, 11) is 0. The summed E-state index contributed by atoms with van der Waals surface area (Å²) in [6, 6.07) is 0. The second kappa shape index (κ2) is 6.10. The van der Waals surface area contributed by atoms with E-state index < -0.39 is 39.2 Å². The Hall–Kier alpha value is -0.820. The van der Waals surface area contributed by atoms with Gasteiger partial charge >= 0.3 is 0 Å². The van der Waals surface area contributed by atoms with E-state index in [0.29, 0.717) is 6.42 Å². The molecule has 8 atom stereocenters. The number of fused-ring (bicyclic) bond motifs is 5. The molecule has 0 saturated heterocycles. The van der Waals surface area contributed by atoms with Gasteiger partial charge in [-0.15, -0.1) is 0 Å². The van der Waals surface area contributed by atoms with E-state index in [-0.39, 0.29) is 30.0 Å². The molecule has 3 saturated carbocycles. The third kappa shape index (κ3) is 2.13. The van der Waals surface area contributed by atoms with Crippen molar-refractivity contribution < 1.29 is 24.9 Å². The monoisotopic (exact) mass is 452 g/mol. The number of carbonyl (C=O) groups is 2. The molecule has 5 nitrogen and oxygen atoms in total. The first kappa shape index (κ1) is 20.5. The molecule has 0 heterocycles. The number of rotatable bonds is 2. The second-order valence-electron chi connectivity index (χ2n) is 9.75. The molecular weight excluding hydrogens is 424 g/mol. The van der Waals surface area contributed by atoms with Crippen LogP contribution in [0.15, 0.2) is 23.8 Å². The molecule has 0 amide bonds. The number of aliphatic hydroxyl groups is 3. The van der Waals surface area contributed by atoms with Gasteiger partial charge in [-0.3, -0.25) is 9.59 Å². The first-order chi connectivity index (χ1) is 13.0. The van der Waals surface area contributed by atoms with Crippen LogP contribution in [0, 0.1) is 28.6 Å². The molecule has 0 aromatic heterocycles. The minimum absolute atomic E-state index is 0.0189. The van der Waals surface area contributed by atoms with Gasteiger partial charge in [-0.05, 0) is 55.6 Å². The molecule has 4 rings (SSSR count). The van der Waals surface area contributed by atoms with Crippen molar-refractivity contribution in [1.82, 2.24) is 0 Å². The Morgan fingerprint density at radius 1 is 1.32 bits per heavy atom. The number of Topliss-reactive ketones (excluding diaryl/α,β-unsaturated/α-hetero) is 1. The highest BCUT2D eigenvalue weighted by atomic mass is 79.9. The molecule has 3 fully saturated rings. The van der Waals surface area contributed by atoms with E-state index >= 15 is 0 Å². The van der Waals surface area contributed by atoms with Gasteiger partial charge in [0.25, 0.3) is 0 Å². The topological polar surface area (TPSA) is 94.8 Å². The van der Waals surface area contributed by atoms with Crippen molar-refractivity contribution in [3.8, 4) is 0 Å². The molecule has 6 heteroatoms. The van der Waals surface area contributed by atoms with Crippen molar-refractivity contribution in [3.05, 3.63) is 23.8 Å². The van der Waals surface area contributed by atoms with Crippen LogP contribution in [0.1, 0.15) is 46.5 Å². The van der Waals surface area contributed by atoms with Gasteiger partial charge in [-0.25, -0.2) is 0 Å². The van der Waals surface area contributed by atoms with Gasteiger partial charge in [0.1, 0.15) is 12.2 Å². The van der Waals surface area contributed by atoms with Crippen LogP contribution in [-0.2, 0) is 9.59 Å². The maximum atomic E-state index is 12.6. The van der Waals surface area contributed by atoms with E-state index in [1.54, 1.807) is 12.2 Å². The summed E-state index contributed by atoms with van der Waals surface area (Å²) >= 11 is 3.96. The largest absolute Gasteiger partial charge is 0.392 e. The van der Waals surface area contributed by atoms with Crippen LogP contribution in [0.25, 0.3) is 0 Å². The lowest BCUT2D eigenvalue weighted by atomic mass is 9.46. The fourth-order valence-corrected chi connectivity index (χ4v) is 8.36. The summed E-state index contributed by atoms with van der Waals surface area (Å²) in [5.41, 5.74) is -1.92. The first-order valence-corrected chi connectivity index (χ1v) is 10.9. The van der Waals surface area contributed by atoms with Gasteiger partial charge in [0.15, 0.2) is 11.6 Å². The zero-order chi connectivity index (χ0) is 20.7. The highest BCUT2D eigenvalue weighted by Gasteiger charge is 2.74. The Bertz CT molecular complexity index is 805. The summed E-state index contributed by atoms with van der Waals surface area (Å²) in [5, 5.41) is 32.5. The highest BCUT2D eigenvalue weighted by Crippen LogP contribution is 2.71. The molecule has 0 radical (unpaired) electrons. The van der Waals surface area contributed by atoms with Crippen molar-refractivity contribution in [3.63, 3.8) is 0 Å². The molecule has 3 N–H and O–H groups in total. The maximum Gasteiger partial charge on any atom is 0.190 e.